The predicted octanol–water partition coefficient (Wildman–Crippen LogP) is 1.39. The van der Waals surface area contributed by atoms with Crippen LogP contribution in [0.2, 0.25) is 0 Å². The van der Waals surface area contributed by atoms with Crippen LogP contribution in [0.15, 0.2) is 122 Å². The fourth-order valence-electron chi connectivity index (χ4n) is 13.3. The number of carboxylic acids is 2. The molecule has 1 aliphatic heterocycles. The average molecular weight is 1620 g/mol. The van der Waals surface area contributed by atoms with Crippen LogP contribution in [0.1, 0.15) is 126 Å². The number of aliphatic hydroxyl groups is 2. The number of imidazole rings is 1. The number of aromatic nitrogens is 3. The van der Waals surface area contributed by atoms with E-state index < -0.39 is 193 Å². The number of piperidine rings is 1. The fourth-order valence-corrected chi connectivity index (χ4v) is 13.3. The first kappa shape index (κ1) is 91.5. The maximum absolute atomic E-state index is 15.2. The van der Waals surface area contributed by atoms with Crippen LogP contribution in [0.4, 0.5) is 9.18 Å². The normalized spacial score (nSPS) is 16.0. The number of hydrogen-bond acceptors (Lipinski definition) is 20. The van der Waals surface area contributed by atoms with Gasteiger partial charge < -0.3 is 99.1 Å². The zero-order valence-electron chi connectivity index (χ0n) is 65.9. The van der Waals surface area contributed by atoms with E-state index in [1.54, 1.807) is 42.5 Å². The highest BCUT2D eigenvalue weighted by atomic mass is 19.1. The van der Waals surface area contributed by atoms with E-state index in [-0.39, 0.29) is 62.8 Å². The molecule has 18 N–H and O–H groups in total. The standard InChI is InChI=1S/C81H102FN15O20/c1-8-49-37-53(100)26-27-55(49)50-24-20-47(21-25-50)22-29-60(71(108)90-61(69(83)106)36-48-23-28-58(85-40-48)54-18-12-10-16-45(54)3)89-72(109)62(39-67(104)105)91-73(110)64(43-98)92-75(112)68(46(4)99)95-77(114)80(5,34-32-51-17-11-13-19-56(51)82)96-74(111)57(9-2)88-65(101)42-86-70(107)59(30-31-66(102)103)93-78(115)81(6)33-14-15-35-97(81)76(113)63(94-79(116)117-7)38-52-41-84-44-87-52/h10-13,16-21,23-28,37,40-41,44,46,57,59-64,68,98-100H,8-9,14-15,22,29-36,38-39,42-43H2,1-7H3,(H2,83,106)(H,84,87)(H,86,107)(H,88,101)(H,89,109)(H,90,108)(H,91,110)(H,92,112)(H,93,115)(H,94,116)(H,95,114)(H,96,111)(H,102,103)(H,104,105)/t46-,57+,59+,60+,61+,62+,63+,64+,68+,80+,81+/m1/s1. The number of methoxy groups -OCH3 is 1. The van der Waals surface area contributed by atoms with Gasteiger partial charge in [0.05, 0.1) is 50.5 Å². The molecule has 628 valence electrons. The summed E-state index contributed by atoms with van der Waals surface area (Å²) in [6, 6.07) is 14.9. The van der Waals surface area contributed by atoms with Gasteiger partial charge in [-0.3, -0.25) is 67.3 Å². The number of nitrogens with two attached hydrogens (primary N) is 1. The number of carbonyl (C=O) groups excluding carboxylic acids is 12. The third-order valence-electron chi connectivity index (χ3n) is 20.2. The summed E-state index contributed by atoms with van der Waals surface area (Å²) in [6.45, 7) is 6.84. The minimum absolute atomic E-state index is 0.0349. The Balaban J connectivity index is 1.04. The van der Waals surface area contributed by atoms with Gasteiger partial charge in [0.2, 0.25) is 65.0 Å². The molecule has 0 saturated carbocycles. The van der Waals surface area contributed by atoms with Gasteiger partial charge in [0, 0.05) is 43.8 Å². The number of phenolic OH excluding ortho intramolecular Hbond substituents is 1. The van der Waals surface area contributed by atoms with Crippen LogP contribution in [0.25, 0.3) is 22.4 Å². The number of aryl methyl sites for hydroxylation is 4. The van der Waals surface area contributed by atoms with E-state index in [9.17, 15) is 92.7 Å². The number of ether oxygens (including phenoxy) is 1. The number of carboxylic acid groups (broad SMARTS) is 2. The van der Waals surface area contributed by atoms with Crippen molar-refractivity contribution in [1.82, 2.24) is 73.0 Å². The Labute approximate surface area is 673 Å². The summed E-state index contributed by atoms with van der Waals surface area (Å²) < 4.78 is 20.0. The van der Waals surface area contributed by atoms with Crippen molar-refractivity contribution in [3.63, 3.8) is 0 Å². The number of aromatic amines is 1. The Morgan fingerprint density at radius 2 is 1.33 bits per heavy atom. The number of aliphatic carboxylic acids is 2. The van der Waals surface area contributed by atoms with Crippen LogP contribution in [0, 0.1) is 12.7 Å². The quantitative estimate of drug-likeness (QED) is 0.0257. The number of phenols is 1. The molecule has 1 fully saturated rings. The van der Waals surface area contributed by atoms with Gasteiger partial charge in [-0.25, -0.2) is 14.2 Å². The molecule has 1 aliphatic rings. The number of benzene rings is 4. The van der Waals surface area contributed by atoms with Gasteiger partial charge >= 0.3 is 18.0 Å². The molecule has 2 aromatic heterocycles. The second kappa shape index (κ2) is 43.1. The van der Waals surface area contributed by atoms with Crippen LogP contribution in [-0.4, -0.2) is 221 Å². The average Bonchev–Trinajstić information content (AvgIpc) is 1.37. The van der Waals surface area contributed by atoms with E-state index >= 15 is 4.39 Å². The summed E-state index contributed by atoms with van der Waals surface area (Å²) >= 11 is 0. The summed E-state index contributed by atoms with van der Waals surface area (Å²) in [5, 5.41) is 75.7. The van der Waals surface area contributed by atoms with Gasteiger partial charge in [-0.05, 0) is 155 Å². The van der Waals surface area contributed by atoms with Crippen molar-refractivity contribution in [2.24, 2.45) is 5.73 Å². The Kier molecular flexibility index (Phi) is 33.7. The van der Waals surface area contributed by atoms with Crippen molar-refractivity contribution < 1.29 is 102 Å². The summed E-state index contributed by atoms with van der Waals surface area (Å²) in [6.07, 6.45) is -0.532. The lowest BCUT2D eigenvalue weighted by Crippen LogP contribution is -2.66. The molecule has 0 spiro atoms. The molecular weight excluding hydrogens is 1520 g/mol. The van der Waals surface area contributed by atoms with Crippen molar-refractivity contribution >= 4 is 83.0 Å². The lowest BCUT2D eigenvalue weighted by molar-refractivity contribution is -0.152. The molecule has 117 heavy (non-hydrogen) atoms. The molecule has 0 aliphatic carbocycles. The number of alkyl carbamates (subject to hydrolysis) is 1. The number of aliphatic hydroxyl groups excluding tert-OH is 2. The molecule has 35 nitrogen and oxygen atoms in total. The molecule has 6 aromatic rings. The van der Waals surface area contributed by atoms with Gasteiger partial charge in [0.1, 0.15) is 71.0 Å². The summed E-state index contributed by atoms with van der Waals surface area (Å²) in [4.78, 5) is 205. The van der Waals surface area contributed by atoms with E-state index in [0.29, 0.717) is 41.8 Å². The second-order valence-corrected chi connectivity index (χ2v) is 28.9. The molecule has 7 rings (SSSR count). The predicted molar refractivity (Wildman–Crippen MR) is 420 cm³/mol. The first-order chi connectivity index (χ1) is 55.6. The number of hydrogen-bond donors (Lipinski definition) is 17. The van der Waals surface area contributed by atoms with Gasteiger partial charge in [0.25, 0.3) is 0 Å². The topological polar surface area (TPSA) is 540 Å². The number of primary amides is 1. The maximum Gasteiger partial charge on any atom is 0.407 e. The Morgan fingerprint density at radius 3 is 1.96 bits per heavy atom. The van der Waals surface area contributed by atoms with Gasteiger partial charge in [-0.1, -0.05) is 92.7 Å². The van der Waals surface area contributed by atoms with E-state index in [4.69, 9.17) is 10.5 Å². The SMILES string of the molecule is CCc1cc(O)ccc1-c1ccc(CC[C@H](NC(=O)[C@H](CC(=O)O)NC(=O)[C@H](CO)NC(=O)[C@@H](NC(=O)[C@](C)(CCc2ccccc2F)NC(=O)[C@H](CC)NC(=O)CNC(=O)[C@H](CCC(=O)O)NC(=O)[C@]2(C)CCCCN2C(=O)[C@H](Cc2c[nH]cn2)NC(=O)OC)[C@@H](C)O)C(=O)N[C@@H](Cc2ccc(-c3ccccc3C)nc2)C(N)=O)cc1. The maximum atomic E-state index is 15.2. The Morgan fingerprint density at radius 1 is 0.675 bits per heavy atom. The van der Waals surface area contributed by atoms with Crippen LogP contribution in [-0.2, 0) is 99.2 Å². The first-order valence-electron chi connectivity index (χ1n) is 38.1. The molecule has 36 heteroatoms. The molecule has 4 aromatic carbocycles. The summed E-state index contributed by atoms with van der Waals surface area (Å²) in [5.74, 6) is -15.5. The zero-order chi connectivity index (χ0) is 85.8. The largest absolute Gasteiger partial charge is 0.508 e. The molecular formula is C81H102FN15O20. The van der Waals surface area contributed by atoms with Crippen LogP contribution in [0.5, 0.6) is 5.75 Å². The number of nitrogens with one attached hydrogen (secondary N) is 11. The van der Waals surface area contributed by atoms with E-state index in [2.05, 4.69) is 68.1 Å². The van der Waals surface area contributed by atoms with E-state index in [1.807, 2.05) is 50.2 Å². The third kappa shape index (κ3) is 26.1. The molecule has 0 radical (unpaired) electrons. The number of rotatable bonds is 42. The van der Waals surface area contributed by atoms with Crippen molar-refractivity contribution in [1.29, 1.82) is 0 Å². The minimum Gasteiger partial charge on any atom is -0.508 e. The molecule has 12 amide bonds. The molecule has 3 heterocycles. The van der Waals surface area contributed by atoms with Gasteiger partial charge in [-0.15, -0.1) is 0 Å². The lowest BCUT2D eigenvalue weighted by atomic mass is 9.86. The number of pyridine rings is 1. The highest BCUT2D eigenvalue weighted by molar-refractivity contribution is 6.01. The number of likely N-dealkylation sites (tertiary alicyclic amines) is 1. The number of amides is 12. The fraction of sp³-hybridized carbons (Fsp3) is 0.432. The Hall–Kier alpha value is -12.7. The van der Waals surface area contributed by atoms with Crippen LogP contribution in [0.3, 0.4) is 0 Å². The molecule has 0 unspecified atom stereocenters. The monoisotopic (exact) mass is 1620 g/mol. The lowest BCUT2D eigenvalue weighted by Gasteiger charge is -2.45. The highest BCUT2D eigenvalue weighted by Gasteiger charge is 2.48. The van der Waals surface area contributed by atoms with Crippen LogP contribution >= 0.6 is 0 Å². The molecule has 0 bridgehead atoms. The van der Waals surface area contributed by atoms with Crippen molar-refractivity contribution in [2.45, 2.75) is 197 Å². The summed E-state index contributed by atoms with van der Waals surface area (Å²) in [5.41, 5.74) is 8.53. The van der Waals surface area contributed by atoms with Crippen molar-refractivity contribution in [3.8, 4) is 28.1 Å². The van der Waals surface area contributed by atoms with Crippen molar-refractivity contribution in [3.05, 3.63) is 161 Å². The number of carbonyl (C=O) groups is 14. The smallest absolute Gasteiger partial charge is 0.407 e. The van der Waals surface area contributed by atoms with Crippen molar-refractivity contribution in [2.75, 3.05) is 26.8 Å². The van der Waals surface area contributed by atoms with Gasteiger partial charge in [-0.2, -0.15) is 0 Å². The number of halogens is 1. The highest BCUT2D eigenvalue weighted by Crippen LogP contribution is 2.32. The van der Waals surface area contributed by atoms with Crippen LogP contribution < -0.4 is 58.9 Å². The molecule has 1 saturated heterocycles. The Bertz CT molecular complexity index is 4530. The third-order valence-corrected chi connectivity index (χ3v) is 20.2. The zero-order valence-corrected chi connectivity index (χ0v) is 65.9. The number of nitrogens with zero attached hydrogens (tertiary/aromatic N) is 3. The molecule has 11 atom stereocenters. The number of H-pyrrole nitrogens is 1. The second-order valence-electron chi connectivity index (χ2n) is 28.9. The minimum atomic E-state index is -2.20. The van der Waals surface area contributed by atoms with E-state index in [0.717, 1.165) is 47.9 Å². The number of aromatic hydroxyl groups is 1. The summed E-state index contributed by atoms with van der Waals surface area (Å²) in [7, 11) is 1.10. The van der Waals surface area contributed by atoms with Gasteiger partial charge in [0.15, 0.2) is 0 Å². The van der Waals surface area contributed by atoms with E-state index in [1.165, 1.54) is 62.6 Å². The first-order valence-corrected chi connectivity index (χ1v) is 38.1.